The molecule has 0 unspecified atom stereocenters. The Hall–Kier alpha value is -3.73. The number of aromatic nitrogens is 4. The quantitative estimate of drug-likeness (QED) is 0.172. The summed E-state index contributed by atoms with van der Waals surface area (Å²) in [5.74, 6) is 0.435. The summed E-state index contributed by atoms with van der Waals surface area (Å²) >= 11 is 14.1. The van der Waals surface area contributed by atoms with Gasteiger partial charge >= 0.3 is 0 Å². The fraction of sp³-hybridized carbons (Fsp3) is 0.281. The minimum absolute atomic E-state index is 0.432. The van der Waals surface area contributed by atoms with Crippen LogP contribution >= 0.6 is 23.2 Å². The molecule has 0 saturated heterocycles. The maximum atomic E-state index is 9.81. The summed E-state index contributed by atoms with van der Waals surface area (Å²) < 4.78 is 7.31. The highest BCUT2D eigenvalue weighted by Gasteiger charge is 2.19. The van der Waals surface area contributed by atoms with E-state index in [-0.39, 0.29) is 0 Å². The van der Waals surface area contributed by atoms with Gasteiger partial charge in [0.05, 0.1) is 58.3 Å². The van der Waals surface area contributed by atoms with E-state index in [1.807, 2.05) is 78.8 Å². The zero-order chi connectivity index (χ0) is 30.7. The summed E-state index contributed by atoms with van der Waals surface area (Å²) in [5, 5.41) is 28.3. The molecule has 0 amide bonds. The Bertz CT molecular complexity index is 1740. The molecule has 3 N–H and O–H groups in total. The summed E-state index contributed by atoms with van der Waals surface area (Å²) in [6, 6.07) is 19.1. The zero-order valence-electron chi connectivity index (χ0n) is 24.4. The van der Waals surface area contributed by atoms with Crippen molar-refractivity contribution >= 4 is 34.5 Å². The van der Waals surface area contributed by atoms with Gasteiger partial charge in [0.25, 0.3) is 0 Å². The fourth-order valence-corrected chi connectivity index (χ4v) is 5.61. The number of methoxy groups -OCH3 is 1. The number of nitrogens with zero attached hydrogens (tertiary/aromatic N) is 5. The Kier molecular flexibility index (Phi) is 9.49. The smallest absolute Gasteiger partial charge is 0.237 e. The van der Waals surface area contributed by atoms with E-state index in [1.165, 1.54) is 0 Å². The van der Waals surface area contributed by atoms with Crippen molar-refractivity contribution in [2.45, 2.75) is 32.6 Å². The lowest BCUT2D eigenvalue weighted by molar-refractivity contribution is 0.191. The number of pyridine rings is 1. The number of fused-ring (bicyclic) bond motifs is 1. The van der Waals surface area contributed by atoms with Gasteiger partial charge in [-0.1, -0.05) is 59.6 Å². The number of likely N-dealkylation sites (N-methyl/N-ethyl adjacent to an activating group) is 1. The van der Waals surface area contributed by atoms with Crippen LogP contribution in [0.2, 0.25) is 10.0 Å². The predicted molar refractivity (Wildman–Crippen MR) is 172 cm³/mol. The van der Waals surface area contributed by atoms with Crippen LogP contribution in [-0.2, 0) is 6.54 Å². The lowest BCUT2D eigenvalue weighted by Gasteiger charge is -2.23. The van der Waals surface area contributed by atoms with Gasteiger partial charge in [-0.25, -0.2) is 14.5 Å². The van der Waals surface area contributed by atoms with Gasteiger partial charge in [0.1, 0.15) is 0 Å². The molecule has 0 fully saturated rings. The summed E-state index contributed by atoms with van der Waals surface area (Å²) in [6.07, 6.45) is 0.929. The second-order valence-electron chi connectivity index (χ2n) is 10.5. The van der Waals surface area contributed by atoms with E-state index >= 15 is 0 Å². The number of ether oxygens (including phenoxy) is 1. The van der Waals surface area contributed by atoms with Crippen molar-refractivity contribution in [2.75, 3.05) is 32.1 Å². The lowest BCUT2D eigenvalue weighted by atomic mass is 9.98. The molecule has 0 aliphatic carbocycles. The largest absolute Gasteiger partial charge is 0.480 e. The topological polar surface area (TPSA) is 108 Å². The molecule has 224 valence electrons. The number of aliphatic hydroxyl groups excluding tert-OH is 2. The molecule has 0 saturated carbocycles. The van der Waals surface area contributed by atoms with Crippen molar-refractivity contribution < 1.29 is 14.9 Å². The van der Waals surface area contributed by atoms with E-state index in [0.717, 1.165) is 33.6 Å². The second kappa shape index (κ2) is 13.3. The first-order chi connectivity index (χ1) is 20.7. The molecule has 5 rings (SSSR count). The average Bonchev–Trinajstić information content (AvgIpc) is 3.38. The molecule has 43 heavy (non-hydrogen) atoms. The van der Waals surface area contributed by atoms with Crippen molar-refractivity contribution in [1.29, 1.82) is 0 Å². The Labute approximate surface area is 260 Å². The van der Waals surface area contributed by atoms with Crippen molar-refractivity contribution in [2.24, 2.45) is 0 Å². The minimum Gasteiger partial charge on any atom is -0.480 e. The first-order valence-corrected chi connectivity index (χ1v) is 14.7. The maximum Gasteiger partial charge on any atom is 0.237 e. The molecule has 11 heteroatoms. The Morgan fingerprint density at radius 1 is 0.860 bits per heavy atom. The van der Waals surface area contributed by atoms with Crippen molar-refractivity contribution in [3.05, 3.63) is 82.6 Å². The molecule has 0 radical (unpaired) electrons. The first kappa shape index (κ1) is 30.7. The number of hydrogen-bond acceptors (Lipinski definition) is 8. The van der Waals surface area contributed by atoms with Crippen LogP contribution in [0.1, 0.15) is 19.5 Å². The summed E-state index contributed by atoms with van der Waals surface area (Å²) in [5.41, 5.74) is 6.66. The molecule has 0 spiro atoms. The first-order valence-electron chi connectivity index (χ1n) is 13.9. The number of hydrogen-bond donors (Lipinski definition) is 3. The van der Waals surface area contributed by atoms with Crippen LogP contribution < -0.4 is 15.0 Å². The molecule has 5 aromatic rings. The van der Waals surface area contributed by atoms with E-state index in [4.69, 9.17) is 38.0 Å². The van der Waals surface area contributed by atoms with Gasteiger partial charge in [0.2, 0.25) is 5.88 Å². The third kappa shape index (κ3) is 6.76. The molecule has 2 atom stereocenters. The van der Waals surface area contributed by atoms with Gasteiger partial charge in [-0.3, -0.25) is 0 Å². The minimum atomic E-state index is -0.501. The van der Waals surface area contributed by atoms with Crippen molar-refractivity contribution in [3.63, 3.8) is 0 Å². The monoisotopic (exact) mass is 620 g/mol. The third-order valence-corrected chi connectivity index (χ3v) is 7.75. The second-order valence-corrected chi connectivity index (χ2v) is 11.3. The lowest BCUT2D eigenvalue weighted by Crippen LogP contribution is -2.27. The van der Waals surface area contributed by atoms with Crippen LogP contribution in [0.4, 0.5) is 5.69 Å². The number of nitrogens with one attached hydrogen (secondary N) is 1. The van der Waals surface area contributed by atoms with Gasteiger partial charge in [-0.05, 0) is 38.1 Å². The van der Waals surface area contributed by atoms with Crippen LogP contribution in [0.5, 0.6) is 5.88 Å². The predicted octanol–water partition coefficient (Wildman–Crippen LogP) is 5.73. The van der Waals surface area contributed by atoms with Crippen LogP contribution in [-0.4, -0.2) is 69.3 Å². The zero-order valence-corrected chi connectivity index (χ0v) is 25.9. The summed E-state index contributed by atoms with van der Waals surface area (Å²) in [6.45, 7) is 4.91. The fourth-order valence-electron chi connectivity index (χ4n) is 4.96. The Morgan fingerprint density at radius 2 is 1.49 bits per heavy atom. The van der Waals surface area contributed by atoms with E-state index in [1.54, 1.807) is 25.5 Å². The number of imidazole rings is 1. The molecular weight excluding hydrogens is 587 g/mol. The molecule has 3 aromatic heterocycles. The SMILES string of the molecule is COc1nc(-c2cccc(-c3cccc(-c4ccc5nc(CNC[C@H](C)O)cn5n4)c3Cl)c2Cl)ccc1N(C)C[C@H](C)O. The molecule has 0 aliphatic heterocycles. The van der Waals surface area contributed by atoms with Gasteiger partial charge < -0.3 is 25.2 Å². The van der Waals surface area contributed by atoms with Crippen molar-refractivity contribution in [3.8, 4) is 39.5 Å². The molecule has 3 heterocycles. The highest BCUT2D eigenvalue weighted by molar-refractivity contribution is 6.39. The Morgan fingerprint density at radius 3 is 2.12 bits per heavy atom. The van der Waals surface area contributed by atoms with E-state index in [0.29, 0.717) is 52.6 Å². The van der Waals surface area contributed by atoms with Gasteiger partial charge in [-0.15, -0.1) is 0 Å². The normalized spacial score (nSPS) is 12.8. The van der Waals surface area contributed by atoms with Gasteiger partial charge in [0.15, 0.2) is 5.65 Å². The van der Waals surface area contributed by atoms with Crippen LogP contribution in [0.15, 0.2) is 66.9 Å². The molecular formula is C32H34Cl2N6O3. The highest BCUT2D eigenvalue weighted by Crippen LogP contribution is 2.42. The summed E-state index contributed by atoms with van der Waals surface area (Å²) in [7, 11) is 3.45. The standard InChI is InChI=1S/C32H34Cl2N6O3/c1-19(41)15-35-16-21-18-40-29(36-21)14-12-27(38-40)25-10-6-8-23(31(25)34)22-7-5-9-24(30(22)33)26-11-13-28(32(37-26)43-4)39(3)17-20(2)42/h5-14,18-20,35,41-42H,15-17H2,1-4H3/t19-,20-/m0/s1. The van der Waals surface area contributed by atoms with E-state index in [9.17, 15) is 10.2 Å². The highest BCUT2D eigenvalue weighted by atomic mass is 35.5. The molecule has 0 bridgehead atoms. The van der Waals surface area contributed by atoms with Gasteiger partial charge in [0, 0.05) is 48.9 Å². The third-order valence-electron chi connectivity index (χ3n) is 6.94. The van der Waals surface area contributed by atoms with Gasteiger partial charge in [-0.2, -0.15) is 5.10 Å². The number of benzene rings is 2. The number of anilines is 1. The molecule has 2 aromatic carbocycles. The number of rotatable bonds is 11. The summed E-state index contributed by atoms with van der Waals surface area (Å²) in [4.78, 5) is 11.2. The molecule has 9 nitrogen and oxygen atoms in total. The van der Waals surface area contributed by atoms with E-state index in [2.05, 4.69) is 10.3 Å². The average molecular weight is 622 g/mol. The number of aliphatic hydroxyl groups is 2. The van der Waals surface area contributed by atoms with Crippen molar-refractivity contribution in [1.82, 2.24) is 24.9 Å². The maximum absolute atomic E-state index is 9.81. The van der Waals surface area contributed by atoms with Crippen LogP contribution in [0.25, 0.3) is 39.3 Å². The number of halogens is 2. The van der Waals surface area contributed by atoms with Crippen LogP contribution in [0.3, 0.4) is 0 Å². The van der Waals surface area contributed by atoms with E-state index < -0.39 is 12.2 Å². The Balaban J connectivity index is 1.48. The molecule has 0 aliphatic rings. The van der Waals surface area contributed by atoms with Crippen LogP contribution in [0, 0.1) is 0 Å².